The van der Waals surface area contributed by atoms with E-state index in [4.69, 9.17) is 0 Å². The smallest absolute Gasteiger partial charge is 0.341 e. The van der Waals surface area contributed by atoms with E-state index in [1.165, 1.54) is 30.5 Å². The number of anilines is 2. The van der Waals surface area contributed by atoms with Crippen LogP contribution >= 0.6 is 0 Å². The number of rotatable bonds is 9. The van der Waals surface area contributed by atoms with E-state index in [-0.39, 0.29) is 5.69 Å². The van der Waals surface area contributed by atoms with Crippen molar-refractivity contribution in [2.45, 2.75) is 64.5 Å². The van der Waals surface area contributed by atoms with Gasteiger partial charge in [0.05, 0.1) is 11.3 Å². The number of benzene rings is 2. The van der Waals surface area contributed by atoms with Gasteiger partial charge in [0.1, 0.15) is 0 Å². The van der Waals surface area contributed by atoms with Crippen molar-refractivity contribution < 1.29 is 13.2 Å². The Kier molecular flexibility index (Phi) is 6.69. The fourth-order valence-electron chi connectivity index (χ4n) is 3.83. The van der Waals surface area contributed by atoms with Gasteiger partial charge in [-0.15, -0.1) is 0 Å². The van der Waals surface area contributed by atoms with Gasteiger partial charge in [-0.05, 0) is 60.9 Å². The molecule has 1 atom stereocenters. The molecule has 0 heterocycles. The lowest BCUT2D eigenvalue weighted by Gasteiger charge is -2.31. The summed E-state index contributed by atoms with van der Waals surface area (Å²) in [5.41, 5.74) is 1.82. The Morgan fingerprint density at radius 2 is 1.79 bits per heavy atom. The van der Waals surface area contributed by atoms with Crippen molar-refractivity contribution in [3.63, 3.8) is 0 Å². The van der Waals surface area contributed by atoms with E-state index in [9.17, 15) is 13.2 Å². The van der Waals surface area contributed by atoms with Crippen LogP contribution in [-0.4, -0.2) is 6.54 Å². The van der Waals surface area contributed by atoms with E-state index in [1.807, 2.05) is 17.0 Å². The summed E-state index contributed by atoms with van der Waals surface area (Å²) < 4.78 is 41.2. The Balaban J connectivity index is 2.01. The number of hydrogen-bond donors (Lipinski definition) is 0. The second-order valence-corrected chi connectivity index (χ2v) is 7.91. The van der Waals surface area contributed by atoms with Crippen LogP contribution in [0.15, 0.2) is 48.5 Å². The molecule has 2 aromatic carbocycles. The van der Waals surface area contributed by atoms with E-state index in [0.717, 1.165) is 31.4 Å². The topological polar surface area (TPSA) is 3.24 Å². The van der Waals surface area contributed by atoms with Crippen LogP contribution in [0.2, 0.25) is 0 Å². The minimum absolute atomic E-state index is 0.262. The lowest BCUT2D eigenvalue weighted by Crippen LogP contribution is -2.27. The van der Waals surface area contributed by atoms with E-state index < -0.39 is 11.7 Å². The van der Waals surface area contributed by atoms with Gasteiger partial charge < -0.3 is 4.90 Å². The molecule has 0 bridgehead atoms. The molecule has 3 rings (SSSR count). The summed E-state index contributed by atoms with van der Waals surface area (Å²) in [7, 11) is 0. The molecule has 1 unspecified atom stereocenters. The normalized spacial score (nSPS) is 15.5. The monoisotopic (exact) mass is 389 g/mol. The summed E-state index contributed by atoms with van der Waals surface area (Å²) in [6.45, 7) is 4.90. The fourth-order valence-corrected chi connectivity index (χ4v) is 3.83. The second kappa shape index (κ2) is 9.02. The summed E-state index contributed by atoms with van der Waals surface area (Å²) in [4.78, 5) is 1.90. The summed E-state index contributed by atoms with van der Waals surface area (Å²) in [5.74, 6) is 0.938. The predicted octanol–water partition coefficient (Wildman–Crippen LogP) is 7.94. The molecule has 1 saturated carbocycles. The van der Waals surface area contributed by atoms with Crippen molar-refractivity contribution in [1.29, 1.82) is 0 Å². The lowest BCUT2D eigenvalue weighted by molar-refractivity contribution is -0.137. The molecule has 1 fully saturated rings. The number of para-hydroxylation sites is 1. The van der Waals surface area contributed by atoms with Crippen LogP contribution in [0.5, 0.6) is 0 Å². The third-order valence-corrected chi connectivity index (χ3v) is 5.71. The molecule has 0 radical (unpaired) electrons. The van der Waals surface area contributed by atoms with E-state index in [0.29, 0.717) is 18.4 Å². The highest BCUT2D eigenvalue weighted by Gasteiger charge is 2.35. The van der Waals surface area contributed by atoms with Gasteiger partial charge in [-0.3, -0.25) is 0 Å². The first kappa shape index (κ1) is 20.8. The zero-order valence-electron chi connectivity index (χ0n) is 16.8. The molecule has 0 saturated heterocycles. The summed E-state index contributed by atoms with van der Waals surface area (Å²) in [6, 6.07) is 14.1. The first-order valence-electron chi connectivity index (χ1n) is 10.5. The van der Waals surface area contributed by atoms with Gasteiger partial charge in [-0.2, -0.15) is 13.2 Å². The first-order valence-corrected chi connectivity index (χ1v) is 10.5. The minimum atomic E-state index is -4.37. The van der Waals surface area contributed by atoms with Crippen LogP contribution in [0.25, 0.3) is 0 Å². The molecule has 0 N–H and O–H groups in total. The fraction of sp³-hybridized carbons (Fsp3) is 0.500. The highest BCUT2D eigenvalue weighted by molar-refractivity contribution is 5.68. The minimum Gasteiger partial charge on any atom is -0.341 e. The van der Waals surface area contributed by atoms with Crippen LogP contribution in [0.4, 0.5) is 24.5 Å². The molecule has 1 aliphatic carbocycles. The van der Waals surface area contributed by atoms with Crippen LogP contribution in [0.3, 0.4) is 0 Å². The Morgan fingerprint density at radius 3 is 2.43 bits per heavy atom. The third-order valence-electron chi connectivity index (χ3n) is 5.71. The highest BCUT2D eigenvalue weighted by atomic mass is 19.4. The van der Waals surface area contributed by atoms with Gasteiger partial charge in [0, 0.05) is 12.2 Å². The predicted molar refractivity (Wildman–Crippen MR) is 110 cm³/mol. The molecule has 0 aliphatic heterocycles. The molecule has 2 aromatic rings. The number of nitrogens with zero attached hydrogens (tertiary/aromatic N) is 1. The number of halogens is 3. The maximum absolute atomic E-state index is 13.7. The number of hydrogen-bond acceptors (Lipinski definition) is 1. The van der Waals surface area contributed by atoms with Crippen molar-refractivity contribution in [3.8, 4) is 0 Å². The second-order valence-electron chi connectivity index (χ2n) is 7.91. The Morgan fingerprint density at radius 1 is 1.04 bits per heavy atom. The summed E-state index contributed by atoms with van der Waals surface area (Å²) in [5, 5.41) is 0. The molecular formula is C24H30F3N. The molecule has 0 spiro atoms. The molecule has 0 aromatic heterocycles. The van der Waals surface area contributed by atoms with Crippen molar-refractivity contribution in [2.75, 3.05) is 11.4 Å². The molecule has 152 valence electrons. The average Bonchev–Trinajstić information content (AvgIpc) is 3.53. The van der Waals surface area contributed by atoms with Gasteiger partial charge in [0.2, 0.25) is 0 Å². The zero-order valence-corrected chi connectivity index (χ0v) is 16.8. The number of alkyl halides is 3. The van der Waals surface area contributed by atoms with E-state index in [1.54, 1.807) is 12.1 Å². The average molecular weight is 390 g/mol. The highest BCUT2D eigenvalue weighted by Crippen LogP contribution is 2.43. The molecular weight excluding hydrogens is 359 g/mol. The van der Waals surface area contributed by atoms with Gasteiger partial charge in [-0.25, -0.2) is 0 Å². The van der Waals surface area contributed by atoms with E-state index >= 15 is 0 Å². The summed E-state index contributed by atoms with van der Waals surface area (Å²) >= 11 is 0. The van der Waals surface area contributed by atoms with Crippen LogP contribution < -0.4 is 4.90 Å². The summed E-state index contributed by atoms with van der Waals surface area (Å²) in [6.07, 6.45) is 2.20. The quantitative estimate of drug-likeness (QED) is 0.421. The van der Waals surface area contributed by atoms with Crippen molar-refractivity contribution in [1.82, 2.24) is 0 Å². The Hall–Kier alpha value is -1.97. The van der Waals surface area contributed by atoms with Gasteiger partial charge in [-0.1, -0.05) is 57.4 Å². The Bertz CT molecular complexity index is 764. The van der Waals surface area contributed by atoms with Gasteiger partial charge in [0.25, 0.3) is 0 Å². The molecule has 1 aliphatic rings. The zero-order chi connectivity index (χ0) is 20.1. The largest absolute Gasteiger partial charge is 0.418 e. The van der Waals surface area contributed by atoms with Crippen LogP contribution in [0, 0.1) is 5.92 Å². The third kappa shape index (κ3) is 5.09. The van der Waals surface area contributed by atoms with Crippen molar-refractivity contribution >= 4 is 11.4 Å². The van der Waals surface area contributed by atoms with Crippen LogP contribution in [-0.2, 0) is 6.18 Å². The SMILES string of the molecule is CCCCC(CC)CN(c1cccc(C2CC2)c1)c1ccccc1C(F)(F)F. The van der Waals surface area contributed by atoms with Gasteiger partial charge >= 0.3 is 6.18 Å². The molecule has 28 heavy (non-hydrogen) atoms. The first-order chi connectivity index (χ1) is 13.4. The maximum atomic E-state index is 13.7. The molecule has 4 heteroatoms. The van der Waals surface area contributed by atoms with Gasteiger partial charge in [0.15, 0.2) is 0 Å². The number of unbranched alkanes of at least 4 members (excludes halogenated alkanes) is 1. The molecule has 0 amide bonds. The standard InChI is InChI=1S/C24H30F3N/c1-3-5-9-18(4-2)17-28(21-11-8-10-20(16-21)19-14-15-19)23-13-7-6-12-22(23)24(25,26)27/h6-8,10-13,16,18-19H,3-5,9,14-15,17H2,1-2H3. The van der Waals surface area contributed by atoms with Crippen molar-refractivity contribution in [3.05, 3.63) is 59.7 Å². The van der Waals surface area contributed by atoms with Crippen LogP contribution in [0.1, 0.15) is 69.4 Å². The maximum Gasteiger partial charge on any atom is 0.418 e. The molecule has 1 nitrogen and oxygen atoms in total. The van der Waals surface area contributed by atoms with Crippen molar-refractivity contribution in [2.24, 2.45) is 5.92 Å². The van der Waals surface area contributed by atoms with E-state index in [2.05, 4.69) is 26.0 Å². The Labute approximate surface area is 166 Å². The lowest BCUT2D eigenvalue weighted by atomic mass is 9.97.